The molecule has 176 valence electrons. The van der Waals surface area contributed by atoms with Crippen LogP contribution in [0.4, 0.5) is 5.82 Å². The molecule has 4 aromatic rings. The number of carbonyl (C=O) groups is 2. The third kappa shape index (κ3) is 4.88. The summed E-state index contributed by atoms with van der Waals surface area (Å²) in [4.78, 5) is 53.2. The Kier molecular flexibility index (Phi) is 6.82. The van der Waals surface area contributed by atoms with Crippen LogP contribution in [0.5, 0.6) is 0 Å². The van der Waals surface area contributed by atoms with Gasteiger partial charge in [0.2, 0.25) is 0 Å². The van der Waals surface area contributed by atoms with E-state index in [2.05, 4.69) is 19.9 Å². The lowest BCUT2D eigenvalue weighted by molar-refractivity contribution is -0.145. The largest absolute Gasteiger partial charge is 0.462 e. The van der Waals surface area contributed by atoms with Crippen LogP contribution in [0.25, 0.3) is 21.1 Å². The van der Waals surface area contributed by atoms with Crippen LogP contribution in [0.1, 0.15) is 46.6 Å². The van der Waals surface area contributed by atoms with Crippen LogP contribution in [0.15, 0.2) is 29.1 Å². The van der Waals surface area contributed by atoms with Crippen molar-refractivity contribution in [1.82, 2.24) is 19.9 Å². The predicted octanol–water partition coefficient (Wildman–Crippen LogP) is 3.06. The minimum absolute atomic E-state index is 0.138. The van der Waals surface area contributed by atoms with E-state index in [1.54, 1.807) is 32.0 Å². The molecule has 0 atom stereocenters. The molecule has 0 saturated carbocycles. The predicted molar refractivity (Wildman–Crippen MR) is 128 cm³/mol. The number of nitrogens with one attached hydrogen (secondary N) is 1. The summed E-state index contributed by atoms with van der Waals surface area (Å²) in [6.07, 6.45) is 1.02. The Morgan fingerprint density at radius 3 is 2.74 bits per heavy atom. The standard InChI is InChI=1S/C23H23N5O5S/c1-3-32-23(31)19-12(2)18-20(24)26-16(28-22(18)34-19)11-33-17(29)10-6-9-15-25-14-8-5-4-7-13(14)21(30)27-15/h4-5,7-8H,3,6,9-11H2,1-2H3,(H2,24,26,28)(H,25,27,30). The summed E-state index contributed by atoms with van der Waals surface area (Å²) in [6.45, 7) is 3.62. The number of hydrogen-bond donors (Lipinski definition) is 2. The molecule has 10 nitrogen and oxygen atoms in total. The molecule has 1 aromatic carbocycles. The summed E-state index contributed by atoms with van der Waals surface area (Å²) in [5.74, 6) is 0.114. The van der Waals surface area contributed by atoms with Crippen molar-refractivity contribution in [3.8, 4) is 0 Å². The molecule has 0 spiro atoms. The molecule has 0 amide bonds. The molecule has 0 aliphatic rings. The molecule has 0 unspecified atom stereocenters. The van der Waals surface area contributed by atoms with Crippen LogP contribution in [-0.2, 0) is 27.3 Å². The average Bonchev–Trinajstić information content (AvgIpc) is 3.15. The van der Waals surface area contributed by atoms with E-state index in [0.29, 0.717) is 50.2 Å². The zero-order valence-corrected chi connectivity index (χ0v) is 19.5. The van der Waals surface area contributed by atoms with Gasteiger partial charge in [-0.3, -0.25) is 9.59 Å². The molecule has 0 saturated heterocycles. The van der Waals surface area contributed by atoms with E-state index < -0.39 is 11.9 Å². The number of aromatic nitrogens is 4. The molecule has 0 fully saturated rings. The summed E-state index contributed by atoms with van der Waals surface area (Å²) in [5.41, 5.74) is 7.15. The van der Waals surface area contributed by atoms with Gasteiger partial charge in [-0.15, -0.1) is 11.3 Å². The van der Waals surface area contributed by atoms with Crippen molar-refractivity contribution >= 4 is 50.2 Å². The molecule has 3 aromatic heterocycles. The van der Waals surface area contributed by atoms with Gasteiger partial charge < -0.3 is 20.2 Å². The number of thiophene rings is 1. The first-order valence-electron chi connectivity index (χ1n) is 10.7. The molecule has 4 rings (SSSR count). The number of nitrogens with two attached hydrogens (primary N) is 1. The molecule has 3 heterocycles. The van der Waals surface area contributed by atoms with E-state index in [1.807, 2.05) is 6.07 Å². The van der Waals surface area contributed by atoms with Gasteiger partial charge in [0.1, 0.15) is 21.3 Å². The number of para-hydroxylation sites is 1. The van der Waals surface area contributed by atoms with Gasteiger partial charge >= 0.3 is 11.9 Å². The van der Waals surface area contributed by atoms with Gasteiger partial charge in [0, 0.05) is 12.8 Å². The number of anilines is 1. The molecule has 0 bridgehead atoms. The number of H-pyrrole nitrogens is 1. The molecular formula is C23H23N5O5S. The minimum Gasteiger partial charge on any atom is -0.462 e. The average molecular weight is 482 g/mol. The first kappa shape index (κ1) is 23.3. The Labute approximate surface area is 198 Å². The number of rotatable bonds is 8. The quantitative estimate of drug-likeness (QED) is 0.362. The number of hydrogen-bond acceptors (Lipinski definition) is 10. The Hall–Kier alpha value is -3.86. The Balaban J connectivity index is 1.36. The van der Waals surface area contributed by atoms with Gasteiger partial charge in [-0.1, -0.05) is 12.1 Å². The highest BCUT2D eigenvalue weighted by molar-refractivity contribution is 7.20. The number of ether oxygens (including phenoxy) is 2. The lowest BCUT2D eigenvalue weighted by Gasteiger charge is -2.06. The molecule has 11 heteroatoms. The smallest absolute Gasteiger partial charge is 0.348 e. The zero-order valence-electron chi connectivity index (χ0n) is 18.7. The lowest BCUT2D eigenvalue weighted by Crippen LogP contribution is -2.13. The van der Waals surface area contributed by atoms with Crippen molar-refractivity contribution in [2.75, 3.05) is 12.3 Å². The van der Waals surface area contributed by atoms with E-state index in [1.165, 1.54) is 11.3 Å². The Morgan fingerprint density at radius 2 is 1.94 bits per heavy atom. The van der Waals surface area contributed by atoms with Crippen molar-refractivity contribution in [3.05, 3.63) is 56.7 Å². The highest BCUT2D eigenvalue weighted by Gasteiger charge is 2.20. The second-order valence-corrected chi connectivity index (χ2v) is 8.52. The van der Waals surface area contributed by atoms with Crippen molar-refractivity contribution in [1.29, 1.82) is 0 Å². The normalized spacial score (nSPS) is 11.1. The Bertz CT molecular complexity index is 1450. The summed E-state index contributed by atoms with van der Waals surface area (Å²) < 4.78 is 10.4. The first-order chi connectivity index (χ1) is 16.4. The van der Waals surface area contributed by atoms with E-state index in [0.717, 1.165) is 0 Å². The van der Waals surface area contributed by atoms with Gasteiger partial charge in [-0.25, -0.2) is 19.7 Å². The number of carbonyl (C=O) groups excluding carboxylic acids is 2. The molecule has 0 radical (unpaired) electrons. The number of aryl methyl sites for hydroxylation is 2. The van der Waals surface area contributed by atoms with Crippen molar-refractivity contribution < 1.29 is 19.1 Å². The van der Waals surface area contributed by atoms with Crippen LogP contribution < -0.4 is 11.3 Å². The van der Waals surface area contributed by atoms with Crippen molar-refractivity contribution in [3.63, 3.8) is 0 Å². The topological polar surface area (TPSA) is 150 Å². The maximum Gasteiger partial charge on any atom is 0.348 e. The SMILES string of the molecule is CCOC(=O)c1sc2nc(COC(=O)CCCc3nc4ccccc4c(=O)[nH]3)nc(N)c2c1C. The van der Waals surface area contributed by atoms with Gasteiger partial charge in [0.15, 0.2) is 12.4 Å². The van der Waals surface area contributed by atoms with Crippen LogP contribution in [0.3, 0.4) is 0 Å². The van der Waals surface area contributed by atoms with Crippen molar-refractivity contribution in [2.24, 2.45) is 0 Å². The number of benzene rings is 1. The molecular weight excluding hydrogens is 458 g/mol. The molecule has 3 N–H and O–H groups in total. The second-order valence-electron chi connectivity index (χ2n) is 7.53. The van der Waals surface area contributed by atoms with Crippen LogP contribution in [-0.4, -0.2) is 38.5 Å². The third-order valence-corrected chi connectivity index (χ3v) is 6.31. The monoisotopic (exact) mass is 481 g/mol. The van der Waals surface area contributed by atoms with Crippen LogP contribution in [0.2, 0.25) is 0 Å². The lowest BCUT2D eigenvalue weighted by atomic mass is 10.2. The van der Waals surface area contributed by atoms with E-state index in [4.69, 9.17) is 15.2 Å². The minimum atomic E-state index is -0.433. The number of nitrogen functional groups attached to an aromatic ring is 1. The third-order valence-electron chi connectivity index (χ3n) is 5.14. The van der Waals surface area contributed by atoms with Gasteiger partial charge in [0.25, 0.3) is 5.56 Å². The number of nitrogens with zero attached hydrogens (tertiary/aromatic N) is 3. The second kappa shape index (κ2) is 9.96. The van der Waals surface area contributed by atoms with Gasteiger partial charge in [-0.2, -0.15) is 0 Å². The molecule has 0 aliphatic heterocycles. The van der Waals surface area contributed by atoms with E-state index in [9.17, 15) is 14.4 Å². The van der Waals surface area contributed by atoms with Crippen LogP contribution in [0, 0.1) is 6.92 Å². The number of esters is 2. The van der Waals surface area contributed by atoms with Gasteiger partial charge in [0.05, 0.1) is 22.9 Å². The fraction of sp³-hybridized carbons (Fsp3) is 0.304. The fourth-order valence-corrected chi connectivity index (χ4v) is 4.64. The van der Waals surface area contributed by atoms with Gasteiger partial charge in [-0.05, 0) is 38.0 Å². The summed E-state index contributed by atoms with van der Waals surface area (Å²) in [5, 5.41) is 1.12. The highest BCUT2D eigenvalue weighted by atomic mass is 32.1. The zero-order chi connectivity index (χ0) is 24.2. The summed E-state index contributed by atoms with van der Waals surface area (Å²) in [6, 6.07) is 7.08. The number of aromatic amines is 1. The first-order valence-corrected chi connectivity index (χ1v) is 11.5. The summed E-state index contributed by atoms with van der Waals surface area (Å²) >= 11 is 1.17. The number of fused-ring (bicyclic) bond motifs is 2. The maximum absolute atomic E-state index is 12.2. The molecule has 0 aliphatic carbocycles. The summed E-state index contributed by atoms with van der Waals surface area (Å²) in [7, 11) is 0. The maximum atomic E-state index is 12.2. The van der Waals surface area contributed by atoms with E-state index in [-0.39, 0.29) is 36.8 Å². The fourth-order valence-electron chi connectivity index (χ4n) is 3.54. The molecule has 34 heavy (non-hydrogen) atoms. The van der Waals surface area contributed by atoms with Crippen LogP contribution >= 0.6 is 11.3 Å². The Morgan fingerprint density at radius 1 is 1.15 bits per heavy atom. The van der Waals surface area contributed by atoms with E-state index >= 15 is 0 Å². The van der Waals surface area contributed by atoms with Crippen molar-refractivity contribution in [2.45, 2.75) is 39.7 Å². The highest BCUT2D eigenvalue weighted by Crippen LogP contribution is 2.33.